The van der Waals surface area contributed by atoms with Gasteiger partial charge in [-0.1, -0.05) is 30.7 Å². The fraction of sp³-hybridized carbons (Fsp3) is 0.375. The highest BCUT2D eigenvalue weighted by molar-refractivity contribution is 14.0. The highest BCUT2D eigenvalue weighted by Crippen LogP contribution is 2.17. The lowest BCUT2D eigenvalue weighted by molar-refractivity contribution is 0.683. The summed E-state index contributed by atoms with van der Waals surface area (Å²) in [5.41, 5.74) is 2.16. The van der Waals surface area contributed by atoms with Crippen LogP contribution in [-0.4, -0.2) is 18.0 Å². The topological polar surface area (TPSA) is 49.3 Å². The molecule has 0 fully saturated rings. The van der Waals surface area contributed by atoms with Gasteiger partial charge in [0.2, 0.25) is 0 Å². The molecule has 0 spiro atoms. The van der Waals surface area contributed by atoms with Crippen molar-refractivity contribution in [3.8, 4) is 0 Å². The number of benzene rings is 1. The molecule has 0 amide bonds. The minimum atomic E-state index is 0. The average Bonchev–Trinajstić information content (AvgIpc) is 2.99. The van der Waals surface area contributed by atoms with Gasteiger partial charge in [0.25, 0.3) is 0 Å². The molecular weight excluding hydrogens is 443 g/mol. The van der Waals surface area contributed by atoms with Crippen LogP contribution in [0.15, 0.2) is 34.6 Å². The van der Waals surface area contributed by atoms with E-state index in [1.807, 2.05) is 24.3 Å². The van der Waals surface area contributed by atoms with Gasteiger partial charge >= 0.3 is 0 Å². The Balaban J connectivity index is 0.00000264. The number of rotatable bonds is 5. The van der Waals surface area contributed by atoms with Crippen molar-refractivity contribution >= 4 is 52.9 Å². The van der Waals surface area contributed by atoms with Crippen LogP contribution in [0.5, 0.6) is 0 Å². The molecule has 7 heteroatoms. The van der Waals surface area contributed by atoms with Crippen LogP contribution in [0.1, 0.15) is 36.2 Å². The number of guanidine groups is 1. The summed E-state index contributed by atoms with van der Waals surface area (Å²) in [6, 6.07) is 7.95. The van der Waals surface area contributed by atoms with Gasteiger partial charge in [-0.2, -0.15) is 0 Å². The van der Waals surface area contributed by atoms with Crippen molar-refractivity contribution in [3.05, 3.63) is 50.9 Å². The van der Waals surface area contributed by atoms with Crippen molar-refractivity contribution in [2.75, 3.05) is 7.05 Å². The molecule has 0 aliphatic carbocycles. The zero-order valence-electron chi connectivity index (χ0n) is 13.5. The van der Waals surface area contributed by atoms with Gasteiger partial charge in [0.1, 0.15) is 0 Å². The van der Waals surface area contributed by atoms with Crippen LogP contribution >= 0.6 is 46.9 Å². The molecule has 1 aromatic heterocycles. The van der Waals surface area contributed by atoms with E-state index in [0.29, 0.717) is 6.54 Å². The number of nitrogens with zero attached hydrogens (tertiary/aromatic N) is 2. The summed E-state index contributed by atoms with van der Waals surface area (Å²) in [4.78, 5) is 8.79. The van der Waals surface area contributed by atoms with Gasteiger partial charge in [-0.05, 0) is 31.0 Å². The molecule has 0 radical (unpaired) electrons. The molecule has 23 heavy (non-hydrogen) atoms. The molecule has 2 aromatic rings. The van der Waals surface area contributed by atoms with E-state index in [0.717, 1.165) is 33.7 Å². The van der Waals surface area contributed by atoms with Crippen LogP contribution in [0.2, 0.25) is 5.02 Å². The summed E-state index contributed by atoms with van der Waals surface area (Å²) < 4.78 is 0. The van der Waals surface area contributed by atoms with Gasteiger partial charge in [-0.25, -0.2) is 4.98 Å². The number of thiazole rings is 1. The molecule has 0 saturated heterocycles. The maximum atomic E-state index is 6.04. The first-order valence-electron chi connectivity index (χ1n) is 7.28. The first-order valence-corrected chi connectivity index (χ1v) is 8.54. The fourth-order valence-electron chi connectivity index (χ4n) is 2.03. The third kappa shape index (κ3) is 6.27. The molecule has 1 heterocycles. The second kappa shape index (κ2) is 10.1. The van der Waals surface area contributed by atoms with E-state index in [1.165, 1.54) is 0 Å². The normalized spacial score (nSPS) is 12.4. The van der Waals surface area contributed by atoms with Gasteiger partial charge in [0.05, 0.1) is 23.3 Å². The van der Waals surface area contributed by atoms with E-state index in [1.54, 1.807) is 18.4 Å². The van der Waals surface area contributed by atoms with E-state index >= 15 is 0 Å². The molecule has 0 aliphatic rings. The van der Waals surface area contributed by atoms with E-state index in [9.17, 15) is 0 Å². The first kappa shape index (κ1) is 20.2. The Morgan fingerprint density at radius 3 is 2.83 bits per heavy atom. The van der Waals surface area contributed by atoms with E-state index < -0.39 is 0 Å². The molecule has 0 bridgehead atoms. The summed E-state index contributed by atoms with van der Waals surface area (Å²) in [7, 11) is 1.76. The lowest BCUT2D eigenvalue weighted by Crippen LogP contribution is -2.38. The second-order valence-electron chi connectivity index (χ2n) is 4.93. The van der Waals surface area contributed by atoms with Gasteiger partial charge in [0.15, 0.2) is 5.96 Å². The van der Waals surface area contributed by atoms with Crippen molar-refractivity contribution < 1.29 is 0 Å². The third-order valence-corrected chi connectivity index (χ3v) is 4.54. The molecule has 0 saturated carbocycles. The van der Waals surface area contributed by atoms with Crippen molar-refractivity contribution in [3.63, 3.8) is 0 Å². The van der Waals surface area contributed by atoms with E-state index in [4.69, 9.17) is 11.6 Å². The van der Waals surface area contributed by atoms with Crippen LogP contribution in [0.4, 0.5) is 0 Å². The number of halogens is 2. The molecular formula is C16H22ClIN4S. The standard InChI is InChI=1S/C16H21ClN4S.HI/c1-4-15-21-14(10-22-15)9-19-16(18-3)20-11(2)12-6-5-7-13(17)8-12;/h5-8,10-11H,4,9H2,1-3H3,(H2,18,19,20);1H. The van der Waals surface area contributed by atoms with Gasteiger partial charge < -0.3 is 10.6 Å². The molecule has 4 nitrogen and oxygen atoms in total. The van der Waals surface area contributed by atoms with Crippen LogP contribution in [0.25, 0.3) is 0 Å². The summed E-state index contributed by atoms with van der Waals surface area (Å²) >= 11 is 7.73. The largest absolute Gasteiger partial charge is 0.351 e. The Kier molecular flexibility index (Phi) is 8.86. The molecule has 126 valence electrons. The molecule has 2 rings (SSSR count). The third-order valence-electron chi connectivity index (χ3n) is 3.26. The average molecular weight is 465 g/mol. The van der Waals surface area contributed by atoms with Crippen LogP contribution in [-0.2, 0) is 13.0 Å². The summed E-state index contributed by atoms with van der Waals surface area (Å²) in [6.07, 6.45) is 0.976. The van der Waals surface area contributed by atoms with E-state index in [2.05, 4.69) is 39.8 Å². The number of aromatic nitrogens is 1. The van der Waals surface area contributed by atoms with Crippen molar-refractivity contribution in [2.45, 2.75) is 32.9 Å². The molecule has 1 aromatic carbocycles. The number of aliphatic imine (C=N–C) groups is 1. The maximum Gasteiger partial charge on any atom is 0.191 e. The zero-order chi connectivity index (χ0) is 15.9. The SMILES string of the molecule is CCc1nc(CNC(=NC)NC(C)c2cccc(Cl)c2)cs1.I. The minimum Gasteiger partial charge on any atom is -0.351 e. The predicted molar refractivity (Wildman–Crippen MR) is 110 cm³/mol. The highest BCUT2D eigenvalue weighted by atomic mass is 127. The van der Waals surface area contributed by atoms with Gasteiger partial charge in [-0.15, -0.1) is 35.3 Å². The number of aryl methyl sites for hydroxylation is 1. The Morgan fingerprint density at radius 1 is 1.43 bits per heavy atom. The van der Waals surface area contributed by atoms with Crippen LogP contribution in [0, 0.1) is 0 Å². The second-order valence-corrected chi connectivity index (χ2v) is 6.31. The minimum absolute atomic E-state index is 0. The zero-order valence-corrected chi connectivity index (χ0v) is 17.4. The predicted octanol–water partition coefficient (Wildman–Crippen LogP) is 4.40. The van der Waals surface area contributed by atoms with Crippen molar-refractivity contribution in [1.29, 1.82) is 0 Å². The molecule has 2 N–H and O–H groups in total. The summed E-state index contributed by atoms with van der Waals surface area (Å²) in [5.74, 6) is 0.749. The lowest BCUT2D eigenvalue weighted by Gasteiger charge is -2.18. The summed E-state index contributed by atoms with van der Waals surface area (Å²) in [6.45, 7) is 4.86. The Morgan fingerprint density at radius 2 is 2.22 bits per heavy atom. The first-order chi connectivity index (χ1) is 10.6. The molecule has 1 unspecified atom stereocenters. The van der Waals surface area contributed by atoms with Gasteiger partial charge in [-0.3, -0.25) is 4.99 Å². The van der Waals surface area contributed by atoms with Gasteiger partial charge in [0, 0.05) is 17.5 Å². The van der Waals surface area contributed by atoms with Crippen LogP contribution in [0.3, 0.4) is 0 Å². The fourth-order valence-corrected chi connectivity index (χ4v) is 2.97. The smallest absolute Gasteiger partial charge is 0.191 e. The van der Waals surface area contributed by atoms with Crippen molar-refractivity contribution in [1.82, 2.24) is 15.6 Å². The Bertz CT molecular complexity index is 645. The maximum absolute atomic E-state index is 6.04. The molecule has 1 atom stereocenters. The van der Waals surface area contributed by atoms with Crippen molar-refractivity contribution in [2.24, 2.45) is 4.99 Å². The quantitative estimate of drug-likeness (QED) is 0.392. The summed E-state index contributed by atoms with van der Waals surface area (Å²) in [5, 5.41) is 10.6. The lowest BCUT2D eigenvalue weighted by atomic mass is 10.1. The Hall–Kier alpha value is -0.860. The monoisotopic (exact) mass is 464 g/mol. The number of nitrogens with one attached hydrogen (secondary N) is 2. The number of hydrogen-bond acceptors (Lipinski definition) is 3. The van der Waals surface area contributed by atoms with Crippen LogP contribution < -0.4 is 10.6 Å². The Labute approximate surface area is 163 Å². The van der Waals surface area contributed by atoms with E-state index in [-0.39, 0.29) is 30.0 Å². The number of hydrogen-bond donors (Lipinski definition) is 2. The molecule has 0 aliphatic heterocycles. The highest BCUT2D eigenvalue weighted by Gasteiger charge is 2.08.